The Morgan fingerprint density at radius 3 is 1.71 bits per heavy atom. The number of Topliss-reactive ketones (excluding diaryl/α,β-unsaturated/α-hetero) is 1. The van der Waals surface area contributed by atoms with Gasteiger partial charge in [0, 0.05) is 25.2 Å². The van der Waals surface area contributed by atoms with E-state index in [0.29, 0.717) is 19.3 Å². The monoisotopic (exact) mass is 723 g/mol. The van der Waals surface area contributed by atoms with Gasteiger partial charge in [-0.15, -0.1) is 0 Å². The van der Waals surface area contributed by atoms with Crippen molar-refractivity contribution in [1.29, 1.82) is 0 Å². The second-order valence-corrected chi connectivity index (χ2v) is 15.2. The molecule has 5 atom stereocenters. The number of hydrogen-bond donors (Lipinski definition) is 3. The lowest BCUT2D eigenvalue weighted by molar-refractivity contribution is -0.161. The highest BCUT2D eigenvalue weighted by atomic mass is 16.6. The van der Waals surface area contributed by atoms with Gasteiger partial charge in [-0.3, -0.25) is 14.4 Å². The summed E-state index contributed by atoms with van der Waals surface area (Å²) in [4.78, 5) is 36.9. The minimum atomic E-state index is -0.853. The summed E-state index contributed by atoms with van der Waals surface area (Å²) in [7, 11) is 0. The molecule has 0 saturated heterocycles. The summed E-state index contributed by atoms with van der Waals surface area (Å²) in [6.07, 6.45) is 31.7. The maximum Gasteiger partial charge on any atom is 0.306 e. The molecular weight excluding hydrogens is 644 g/mol. The fourth-order valence-electron chi connectivity index (χ4n) is 7.17. The van der Waals surface area contributed by atoms with Crippen LogP contribution in [-0.4, -0.2) is 64.6 Å². The predicted molar refractivity (Wildman–Crippen MR) is 206 cm³/mol. The summed E-state index contributed by atoms with van der Waals surface area (Å²) in [5.41, 5.74) is 0. The second kappa shape index (κ2) is 32.8. The van der Waals surface area contributed by atoms with Crippen LogP contribution in [-0.2, 0) is 23.9 Å². The molecule has 0 unspecified atom stereocenters. The Balaban J connectivity index is 2.04. The molecule has 0 aromatic rings. The molecule has 0 spiro atoms. The van der Waals surface area contributed by atoms with Gasteiger partial charge in [0.1, 0.15) is 12.4 Å². The van der Waals surface area contributed by atoms with Crippen molar-refractivity contribution in [3.05, 3.63) is 12.2 Å². The van der Waals surface area contributed by atoms with E-state index in [1.807, 2.05) is 0 Å². The number of esters is 2. The standard InChI is InChI=1S/C43H78O8/c1-3-5-7-8-9-10-11-12-13-14-15-16-17-18-19-20-25-29-42(48)50-35-37(34-44)51-43(49)30-26-22-21-24-28-38-39(41(47)33-40(38)46)32-31-36(45)27-23-6-4-2/h31-32,36-40,44-46H,3-30,33-35H2,1-2H3/b32-31+/t36-,37-,38+,39+,40-/m0/s1. The maximum absolute atomic E-state index is 12.4. The first-order chi connectivity index (χ1) is 24.8. The smallest absolute Gasteiger partial charge is 0.306 e. The normalized spacial score (nSPS) is 18.8. The highest BCUT2D eigenvalue weighted by Gasteiger charge is 2.39. The molecule has 1 fully saturated rings. The number of hydrogen-bond acceptors (Lipinski definition) is 8. The Morgan fingerprint density at radius 1 is 0.706 bits per heavy atom. The third-order valence-electron chi connectivity index (χ3n) is 10.5. The lowest BCUT2D eigenvalue weighted by atomic mass is 9.88. The van der Waals surface area contributed by atoms with Crippen molar-refractivity contribution in [3.63, 3.8) is 0 Å². The molecule has 1 aliphatic carbocycles. The third kappa shape index (κ3) is 25.8. The van der Waals surface area contributed by atoms with Crippen LogP contribution in [0, 0.1) is 11.8 Å². The lowest BCUT2D eigenvalue weighted by Gasteiger charge is -2.19. The van der Waals surface area contributed by atoms with Gasteiger partial charge in [-0.2, -0.15) is 0 Å². The second-order valence-electron chi connectivity index (χ2n) is 15.2. The Bertz CT molecular complexity index is 889. The summed E-state index contributed by atoms with van der Waals surface area (Å²) in [5.74, 6) is -1.19. The summed E-state index contributed by atoms with van der Waals surface area (Å²) in [5, 5.41) is 30.2. The average molecular weight is 723 g/mol. The first-order valence-electron chi connectivity index (χ1n) is 21.3. The first kappa shape index (κ1) is 47.3. The first-order valence-corrected chi connectivity index (χ1v) is 21.3. The van der Waals surface area contributed by atoms with Gasteiger partial charge in [0.05, 0.1) is 18.8 Å². The number of aliphatic hydroxyl groups is 3. The molecule has 0 heterocycles. The number of carbonyl (C=O) groups excluding carboxylic acids is 3. The van der Waals surface area contributed by atoms with Crippen LogP contribution in [0.15, 0.2) is 12.2 Å². The van der Waals surface area contributed by atoms with Crippen LogP contribution in [0.5, 0.6) is 0 Å². The molecule has 51 heavy (non-hydrogen) atoms. The summed E-state index contributed by atoms with van der Waals surface area (Å²) in [6.45, 7) is 3.86. The van der Waals surface area contributed by atoms with Crippen molar-refractivity contribution in [2.24, 2.45) is 11.8 Å². The molecule has 0 aromatic heterocycles. The zero-order valence-electron chi connectivity index (χ0n) is 32.8. The molecule has 8 heteroatoms. The molecule has 3 N–H and O–H groups in total. The zero-order chi connectivity index (χ0) is 37.4. The topological polar surface area (TPSA) is 130 Å². The van der Waals surface area contributed by atoms with E-state index in [2.05, 4.69) is 13.8 Å². The van der Waals surface area contributed by atoms with Gasteiger partial charge < -0.3 is 24.8 Å². The van der Waals surface area contributed by atoms with E-state index in [1.54, 1.807) is 12.2 Å². The molecule has 0 radical (unpaired) electrons. The van der Waals surface area contributed by atoms with Crippen LogP contribution in [0.2, 0.25) is 0 Å². The molecule has 0 bridgehead atoms. The minimum Gasteiger partial charge on any atom is -0.462 e. The molecule has 8 nitrogen and oxygen atoms in total. The predicted octanol–water partition coefficient (Wildman–Crippen LogP) is 9.88. The number of rotatable bonds is 35. The zero-order valence-corrected chi connectivity index (χ0v) is 32.8. The fraction of sp³-hybridized carbons (Fsp3) is 0.884. The van der Waals surface area contributed by atoms with E-state index in [-0.39, 0.29) is 43.0 Å². The van der Waals surface area contributed by atoms with Crippen LogP contribution in [0.25, 0.3) is 0 Å². The number of ether oxygens (including phenoxy) is 2. The van der Waals surface area contributed by atoms with Crippen molar-refractivity contribution in [3.8, 4) is 0 Å². The maximum atomic E-state index is 12.4. The number of ketones is 1. The van der Waals surface area contributed by atoms with Crippen molar-refractivity contribution >= 4 is 17.7 Å². The Labute approximate surface area is 311 Å². The highest BCUT2D eigenvalue weighted by molar-refractivity contribution is 5.86. The van der Waals surface area contributed by atoms with Gasteiger partial charge in [-0.05, 0) is 31.6 Å². The van der Waals surface area contributed by atoms with Crippen molar-refractivity contribution < 1.29 is 39.2 Å². The average Bonchev–Trinajstić information content (AvgIpc) is 3.39. The summed E-state index contributed by atoms with van der Waals surface area (Å²) in [6, 6.07) is 0. The van der Waals surface area contributed by atoms with Crippen molar-refractivity contribution in [2.75, 3.05) is 13.2 Å². The van der Waals surface area contributed by atoms with E-state index >= 15 is 0 Å². The van der Waals surface area contributed by atoms with Crippen LogP contribution >= 0.6 is 0 Å². The largest absolute Gasteiger partial charge is 0.462 e. The Morgan fingerprint density at radius 2 is 1.18 bits per heavy atom. The molecule has 1 saturated carbocycles. The van der Waals surface area contributed by atoms with Gasteiger partial charge >= 0.3 is 11.9 Å². The number of unbranched alkanes of at least 4 members (excludes halogenated alkanes) is 21. The quantitative estimate of drug-likeness (QED) is 0.0335. The van der Waals surface area contributed by atoms with Gasteiger partial charge in [-0.25, -0.2) is 0 Å². The Hall–Kier alpha value is -1.77. The van der Waals surface area contributed by atoms with Crippen molar-refractivity contribution in [2.45, 2.75) is 218 Å². The molecular formula is C43H78O8. The van der Waals surface area contributed by atoms with Gasteiger partial charge in [0.2, 0.25) is 0 Å². The SMILES string of the molecule is CCCCCCCCCCCCCCCCCCCC(=O)OC[C@H](CO)OC(=O)CCCCCC[C@H]1[C@@H](O)CC(=O)[C@@H]1/C=C/[C@@H](O)CCCCC. The highest BCUT2D eigenvalue weighted by Crippen LogP contribution is 2.34. The molecule has 0 amide bonds. The van der Waals surface area contributed by atoms with Gasteiger partial charge in [-0.1, -0.05) is 167 Å². The summed E-state index contributed by atoms with van der Waals surface area (Å²) >= 11 is 0. The van der Waals surface area contributed by atoms with Crippen LogP contribution in [0.4, 0.5) is 0 Å². The van der Waals surface area contributed by atoms with Crippen LogP contribution in [0.3, 0.4) is 0 Å². The molecule has 1 rings (SSSR count). The van der Waals surface area contributed by atoms with Gasteiger partial charge in [0.15, 0.2) is 6.10 Å². The van der Waals surface area contributed by atoms with Gasteiger partial charge in [0.25, 0.3) is 0 Å². The van der Waals surface area contributed by atoms with E-state index in [9.17, 15) is 29.7 Å². The number of carbonyl (C=O) groups is 3. The van der Waals surface area contributed by atoms with E-state index in [4.69, 9.17) is 9.47 Å². The van der Waals surface area contributed by atoms with Crippen LogP contribution in [0.1, 0.15) is 200 Å². The minimum absolute atomic E-state index is 0.0341. The van der Waals surface area contributed by atoms with E-state index in [0.717, 1.165) is 64.2 Å². The summed E-state index contributed by atoms with van der Waals surface area (Å²) < 4.78 is 10.6. The number of allylic oxidation sites excluding steroid dienone is 1. The van der Waals surface area contributed by atoms with Crippen molar-refractivity contribution in [1.82, 2.24) is 0 Å². The molecule has 298 valence electrons. The third-order valence-corrected chi connectivity index (χ3v) is 10.5. The molecule has 0 aliphatic heterocycles. The fourth-order valence-corrected chi connectivity index (χ4v) is 7.17. The lowest BCUT2D eigenvalue weighted by Crippen LogP contribution is -2.28. The van der Waals surface area contributed by atoms with E-state index in [1.165, 1.54) is 89.9 Å². The number of aliphatic hydroxyl groups excluding tert-OH is 3. The Kier molecular flexibility index (Phi) is 30.4. The molecule has 1 aliphatic rings. The van der Waals surface area contributed by atoms with E-state index < -0.39 is 30.9 Å². The van der Waals surface area contributed by atoms with Crippen LogP contribution < -0.4 is 0 Å². The molecule has 0 aromatic carbocycles.